The fourth-order valence-corrected chi connectivity index (χ4v) is 4.58. The van der Waals surface area contributed by atoms with E-state index in [2.05, 4.69) is 9.97 Å². The Bertz CT molecular complexity index is 1640. The number of aliphatic carboxylic acids is 1. The number of hydrogen-bond donors (Lipinski definition) is 5. The van der Waals surface area contributed by atoms with Crippen molar-refractivity contribution >= 4 is 39.5 Å². The average molecular weight is 486 g/mol. The number of benzene rings is 2. The minimum Gasteiger partial charge on any atom is -0.504 e. The van der Waals surface area contributed by atoms with Crippen LogP contribution in [0.1, 0.15) is 51.5 Å². The normalized spacial score (nSPS) is 11.3. The van der Waals surface area contributed by atoms with Gasteiger partial charge in [0.25, 0.3) is 0 Å². The predicted octanol–water partition coefficient (Wildman–Crippen LogP) is 5.34. The number of aromatic nitrogens is 2. The Morgan fingerprint density at radius 3 is 2.42 bits per heavy atom. The number of aryl methyl sites for hydroxylation is 1. The summed E-state index contributed by atoms with van der Waals surface area (Å²) in [5.41, 5.74) is 2.95. The molecular weight excluding hydrogens is 464 g/mol. The number of aromatic hydroxyl groups is 1. The molecule has 9 heteroatoms. The number of carbonyl (C=O) groups is 3. The Hall–Kier alpha value is -4.79. The lowest BCUT2D eigenvalue weighted by Crippen LogP contribution is -2.00. The van der Waals surface area contributed by atoms with Crippen LogP contribution in [0.2, 0.25) is 0 Å². The highest BCUT2D eigenvalue weighted by Gasteiger charge is 2.32. The summed E-state index contributed by atoms with van der Waals surface area (Å²) in [6.07, 6.45) is 4.99. The maximum Gasteiger partial charge on any atom is 0.372 e. The number of nitrogens with one attached hydrogen (secondary N) is 2. The Morgan fingerprint density at radius 2 is 1.64 bits per heavy atom. The van der Waals surface area contributed by atoms with Gasteiger partial charge in [-0.3, -0.25) is 9.59 Å². The van der Waals surface area contributed by atoms with Crippen molar-refractivity contribution in [1.29, 1.82) is 0 Å². The monoisotopic (exact) mass is 486 g/mol. The third-order valence-corrected chi connectivity index (χ3v) is 6.28. The first-order chi connectivity index (χ1) is 17.4. The zero-order valence-corrected chi connectivity index (χ0v) is 19.0. The van der Waals surface area contributed by atoms with E-state index in [1.165, 1.54) is 6.20 Å². The molecule has 0 aliphatic carbocycles. The predicted molar refractivity (Wildman–Crippen MR) is 132 cm³/mol. The summed E-state index contributed by atoms with van der Waals surface area (Å²) in [5.74, 6) is -4.43. The van der Waals surface area contributed by atoms with Crippen molar-refractivity contribution in [2.75, 3.05) is 0 Å². The lowest BCUT2D eigenvalue weighted by molar-refractivity contribution is -0.137. The molecular formula is C27H22N2O7. The largest absolute Gasteiger partial charge is 0.504 e. The van der Waals surface area contributed by atoms with Gasteiger partial charge >= 0.3 is 11.9 Å². The van der Waals surface area contributed by atoms with Crippen molar-refractivity contribution in [3.05, 3.63) is 77.5 Å². The Morgan fingerprint density at radius 1 is 0.861 bits per heavy atom. The first-order valence-electron chi connectivity index (χ1n) is 11.4. The Balaban J connectivity index is 1.54. The number of hydrogen-bond acceptors (Lipinski definition) is 5. The number of aromatic amines is 2. The second kappa shape index (κ2) is 9.10. The molecule has 3 aromatic heterocycles. The molecule has 182 valence electrons. The molecule has 0 spiro atoms. The molecule has 9 nitrogen and oxygen atoms in total. The summed E-state index contributed by atoms with van der Waals surface area (Å²) in [5, 5.41) is 30.9. The molecule has 5 rings (SSSR count). The maximum absolute atomic E-state index is 13.5. The van der Waals surface area contributed by atoms with Crippen LogP contribution in [-0.4, -0.2) is 43.0 Å². The molecule has 5 aromatic rings. The lowest BCUT2D eigenvalue weighted by atomic mass is 10.00. The molecule has 0 aliphatic heterocycles. The van der Waals surface area contributed by atoms with Crippen LogP contribution in [0.25, 0.3) is 32.9 Å². The highest BCUT2D eigenvalue weighted by atomic mass is 16.4. The smallest absolute Gasteiger partial charge is 0.372 e. The van der Waals surface area contributed by atoms with Gasteiger partial charge < -0.3 is 29.7 Å². The fraction of sp³-hybridized carbons (Fsp3) is 0.148. The first kappa shape index (κ1) is 23.0. The maximum atomic E-state index is 13.5. The Kier molecular flexibility index (Phi) is 5.81. The number of carbonyl (C=O) groups excluding carboxylic acids is 1. The van der Waals surface area contributed by atoms with Gasteiger partial charge in [-0.05, 0) is 30.9 Å². The zero-order chi connectivity index (χ0) is 25.4. The average Bonchev–Trinajstić information content (AvgIpc) is 3.56. The molecule has 0 amide bonds. The van der Waals surface area contributed by atoms with Crippen LogP contribution in [0.5, 0.6) is 5.75 Å². The second-order valence-corrected chi connectivity index (χ2v) is 8.51. The molecule has 36 heavy (non-hydrogen) atoms. The molecule has 3 heterocycles. The molecule has 5 N–H and O–H groups in total. The van der Waals surface area contributed by atoms with Gasteiger partial charge in [0.2, 0.25) is 17.3 Å². The van der Waals surface area contributed by atoms with E-state index in [1.54, 1.807) is 30.5 Å². The summed E-state index contributed by atoms with van der Waals surface area (Å²) in [4.78, 5) is 42.3. The summed E-state index contributed by atoms with van der Waals surface area (Å²) in [7, 11) is 0. The fourth-order valence-electron chi connectivity index (χ4n) is 4.58. The molecule has 0 bridgehead atoms. The van der Waals surface area contributed by atoms with E-state index in [-0.39, 0.29) is 17.5 Å². The molecule has 0 unspecified atom stereocenters. The van der Waals surface area contributed by atoms with Gasteiger partial charge in [0.05, 0.1) is 11.1 Å². The van der Waals surface area contributed by atoms with Crippen LogP contribution in [0.15, 0.2) is 59.3 Å². The second-order valence-electron chi connectivity index (χ2n) is 8.51. The van der Waals surface area contributed by atoms with Gasteiger partial charge in [0, 0.05) is 46.2 Å². The third-order valence-electron chi connectivity index (χ3n) is 6.28. The summed E-state index contributed by atoms with van der Waals surface area (Å²) < 4.78 is 5.46. The van der Waals surface area contributed by atoms with Gasteiger partial charge in [-0.2, -0.15) is 0 Å². The topological polar surface area (TPSA) is 157 Å². The van der Waals surface area contributed by atoms with E-state index in [1.807, 2.05) is 18.2 Å². The molecule has 0 fully saturated rings. The van der Waals surface area contributed by atoms with Gasteiger partial charge in [-0.25, -0.2) is 4.79 Å². The van der Waals surface area contributed by atoms with Gasteiger partial charge in [0.1, 0.15) is 0 Å². The van der Waals surface area contributed by atoms with E-state index < -0.39 is 35.0 Å². The minimum absolute atomic E-state index is 0.0674. The number of furan rings is 1. The van der Waals surface area contributed by atoms with Crippen LogP contribution in [0.4, 0.5) is 0 Å². The number of aromatic carboxylic acids is 1. The quantitative estimate of drug-likeness (QED) is 0.139. The van der Waals surface area contributed by atoms with Crippen molar-refractivity contribution in [3.63, 3.8) is 0 Å². The van der Waals surface area contributed by atoms with Crippen LogP contribution in [0.3, 0.4) is 0 Å². The molecule has 0 radical (unpaired) electrons. The van der Waals surface area contributed by atoms with E-state index in [4.69, 9.17) is 9.52 Å². The highest BCUT2D eigenvalue weighted by molar-refractivity contribution is 6.18. The van der Waals surface area contributed by atoms with E-state index >= 15 is 0 Å². The SMILES string of the molecule is O=C(O)CCCCc1cccc2c(C(=O)c3oc(C(=O)O)c(-c4c[nH]c5ccccc45)c3O)c[nH]c12. The number of ketones is 1. The number of rotatable bonds is 9. The summed E-state index contributed by atoms with van der Waals surface area (Å²) in [6.45, 7) is 0. The number of unbranched alkanes of at least 4 members (excludes halogenated alkanes) is 1. The molecule has 0 saturated carbocycles. The van der Waals surface area contributed by atoms with Crippen LogP contribution >= 0.6 is 0 Å². The van der Waals surface area contributed by atoms with Crippen molar-refractivity contribution < 1.29 is 34.1 Å². The number of carboxylic acids is 2. The molecule has 0 saturated heterocycles. The number of H-pyrrole nitrogens is 2. The number of carboxylic acid groups (broad SMARTS) is 2. The molecule has 0 atom stereocenters. The van der Waals surface area contributed by atoms with Crippen molar-refractivity contribution in [3.8, 4) is 16.9 Å². The standard InChI is InChI=1S/C27H22N2O7/c30-20(31)11-4-1-6-14-7-5-9-16-18(13-29-22(14)16)23(32)26-24(33)21(25(36-26)27(34)35)17-12-28-19-10-3-2-8-15(17)19/h2-3,5,7-10,12-13,28-29,33H,1,4,6,11H2,(H,30,31)(H,34,35). The van der Waals surface area contributed by atoms with Crippen molar-refractivity contribution in [2.24, 2.45) is 0 Å². The zero-order valence-electron chi connectivity index (χ0n) is 19.0. The highest BCUT2D eigenvalue weighted by Crippen LogP contribution is 2.42. The van der Waals surface area contributed by atoms with E-state index in [9.17, 15) is 24.6 Å². The Labute approximate surface area is 204 Å². The van der Waals surface area contributed by atoms with Gasteiger partial charge in [-0.1, -0.05) is 36.4 Å². The molecule has 2 aromatic carbocycles. The molecule has 0 aliphatic rings. The van der Waals surface area contributed by atoms with E-state index in [0.29, 0.717) is 35.6 Å². The van der Waals surface area contributed by atoms with Gasteiger partial charge in [0.15, 0.2) is 5.75 Å². The van der Waals surface area contributed by atoms with E-state index in [0.717, 1.165) is 16.6 Å². The summed E-state index contributed by atoms with van der Waals surface area (Å²) >= 11 is 0. The minimum atomic E-state index is -1.41. The van der Waals surface area contributed by atoms with Crippen LogP contribution < -0.4 is 0 Å². The van der Waals surface area contributed by atoms with Gasteiger partial charge in [-0.15, -0.1) is 0 Å². The first-order valence-corrected chi connectivity index (χ1v) is 11.4. The van der Waals surface area contributed by atoms with Crippen LogP contribution in [-0.2, 0) is 11.2 Å². The summed E-state index contributed by atoms with van der Waals surface area (Å²) in [6, 6.07) is 12.6. The third kappa shape index (κ3) is 3.90. The number of fused-ring (bicyclic) bond motifs is 2. The van der Waals surface area contributed by atoms with Crippen molar-refractivity contribution in [1.82, 2.24) is 9.97 Å². The van der Waals surface area contributed by atoms with Crippen LogP contribution in [0, 0.1) is 0 Å². The lowest BCUT2D eigenvalue weighted by Gasteiger charge is -2.04. The number of para-hydroxylation sites is 2. The van der Waals surface area contributed by atoms with Crippen molar-refractivity contribution in [2.45, 2.75) is 25.7 Å².